The van der Waals surface area contributed by atoms with Crippen LogP contribution in [0.2, 0.25) is 0 Å². The average Bonchev–Trinajstić information content (AvgIpc) is 2.85. The molecular formula is C16H18N2O3. The Hall–Kier alpha value is -2.30. The summed E-state index contributed by atoms with van der Waals surface area (Å²) in [5.41, 5.74) is 2.96. The number of rotatable bonds is 2. The molecule has 3 rings (SSSR count). The quantitative estimate of drug-likeness (QED) is 0.890. The van der Waals surface area contributed by atoms with Gasteiger partial charge in [-0.05, 0) is 18.6 Å². The van der Waals surface area contributed by atoms with Gasteiger partial charge in [0.15, 0.2) is 0 Å². The van der Waals surface area contributed by atoms with Crippen LogP contribution in [0.1, 0.15) is 37.6 Å². The normalized spacial score (nSPS) is 21.3. The summed E-state index contributed by atoms with van der Waals surface area (Å²) in [6.45, 7) is 3.64. The van der Waals surface area contributed by atoms with Gasteiger partial charge in [0.25, 0.3) is 0 Å². The third-order valence-electron chi connectivity index (χ3n) is 4.29. The highest BCUT2D eigenvalue weighted by molar-refractivity contribution is 5.89. The van der Waals surface area contributed by atoms with E-state index in [4.69, 9.17) is 0 Å². The van der Waals surface area contributed by atoms with Crippen LogP contribution in [0, 0.1) is 0 Å². The molecule has 0 aliphatic carbocycles. The van der Waals surface area contributed by atoms with E-state index >= 15 is 0 Å². The van der Waals surface area contributed by atoms with Crippen molar-refractivity contribution in [3.8, 4) is 0 Å². The molecule has 5 heteroatoms. The summed E-state index contributed by atoms with van der Waals surface area (Å²) < 4.78 is 0. The predicted molar refractivity (Wildman–Crippen MR) is 79.0 cm³/mol. The molecule has 2 heterocycles. The summed E-state index contributed by atoms with van der Waals surface area (Å²) in [6.07, 6.45) is 0.661. The molecule has 2 N–H and O–H groups in total. The van der Waals surface area contributed by atoms with E-state index in [1.807, 2.05) is 31.2 Å². The van der Waals surface area contributed by atoms with Gasteiger partial charge in [-0.2, -0.15) is 0 Å². The van der Waals surface area contributed by atoms with Gasteiger partial charge in [-0.25, -0.2) is 4.79 Å². The molecular weight excluding hydrogens is 268 g/mol. The smallest absolute Gasteiger partial charge is 0.326 e. The van der Waals surface area contributed by atoms with Crippen molar-refractivity contribution in [1.82, 2.24) is 9.88 Å². The molecule has 1 aliphatic rings. The van der Waals surface area contributed by atoms with Crippen LogP contribution in [0.15, 0.2) is 24.3 Å². The molecule has 110 valence electrons. The molecule has 1 amide bonds. The van der Waals surface area contributed by atoms with Crippen molar-refractivity contribution in [2.24, 2.45) is 0 Å². The highest BCUT2D eigenvalue weighted by Crippen LogP contribution is 2.37. The number of carbonyl (C=O) groups excluding carboxylic acids is 1. The van der Waals surface area contributed by atoms with Gasteiger partial charge < -0.3 is 15.0 Å². The maximum Gasteiger partial charge on any atom is 0.326 e. The number of carboxylic acids is 1. The molecule has 2 atom stereocenters. The molecule has 1 aromatic carbocycles. The lowest BCUT2D eigenvalue weighted by Gasteiger charge is -2.38. The van der Waals surface area contributed by atoms with Crippen molar-refractivity contribution >= 4 is 22.8 Å². The van der Waals surface area contributed by atoms with E-state index in [9.17, 15) is 14.7 Å². The first kappa shape index (κ1) is 13.7. The van der Waals surface area contributed by atoms with Gasteiger partial charge in [0.05, 0.1) is 6.04 Å². The van der Waals surface area contributed by atoms with Gasteiger partial charge in [0, 0.05) is 29.4 Å². The van der Waals surface area contributed by atoms with Gasteiger partial charge in [-0.1, -0.05) is 25.1 Å². The molecule has 0 radical (unpaired) electrons. The molecule has 0 saturated carbocycles. The van der Waals surface area contributed by atoms with Crippen LogP contribution in [0.4, 0.5) is 0 Å². The summed E-state index contributed by atoms with van der Waals surface area (Å²) >= 11 is 0. The minimum Gasteiger partial charge on any atom is -0.480 e. The predicted octanol–water partition coefficient (Wildman–Crippen LogP) is 2.48. The number of nitrogens with zero attached hydrogens (tertiary/aromatic N) is 1. The van der Waals surface area contributed by atoms with E-state index in [-0.39, 0.29) is 11.9 Å². The van der Waals surface area contributed by atoms with E-state index in [0.29, 0.717) is 12.8 Å². The highest BCUT2D eigenvalue weighted by Gasteiger charge is 2.40. The largest absolute Gasteiger partial charge is 0.480 e. The number of aliphatic carboxylic acids is 1. The second-order valence-electron chi connectivity index (χ2n) is 5.45. The number of H-pyrrole nitrogens is 1. The maximum absolute atomic E-state index is 12.2. The van der Waals surface area contributed by atoms with Crippen molar-refractivity contribution in [3.05, 3.63) is 35.5 Å². The van der Waals surface area contributed by atoms with Crippen LogP contribution in [-0.2, 0) is 16.0 Å². The Kier molecular flexibility index (Phi) is 3.20. The molecule has 1 aromatic heterocycles. The van der Waals surface area contributed by atoms with Gasteiger partial charge >= 0.3 is 5.97 Å². The summed E-state index contributed by atoms with van der Waals surface area (Å²) in [7, 11) is 0. The van der Waals surface area contributed by atoms with Crippen molar-refractivity contribution < 1.29 is 14.7 Å². The van der Waals surface area contributed by atoms with Crippen LogP contribution in [0.25, 0.3) is 10.9 Å². The summed E-state index contributed by atoms with van der Waals surface area (Å²) in [6, 6.07) is 6.81. The van der Waals surface area contributed by atoms with Crippen LogP contribution < -0.4 is 0 Å². The Bertz CT molecular complexity index is 719. The number of benzene rings is 1. The Morgan fingerprint density at radius 3 is 2.76 bits per heavy atom. The minimum atomic E-state index is -0.945. The van der Waals surface area contributed by atoms with Crippen LogP contribution in [0.3, 0.4) is 0 Å². The second kappa shape index (κ2) is 4.91. The number of fused-ring (bicyclic) bond motifs is 3. The van der Waals surface area contributed by atoms with Crippen molar-refractivity contribution in [3.63, 3.8) is 0 Å². The van der Waals surface area contributed by atoms with E-state index in [2.05, 4.69) is 4.98 Å². The fraction of sp³-hybridized carbons (Fsp3) is 0.375. The number of carboxylic acid groups (broad SMARTS) is 1. The topological polar surface area (TPSA) is 73.4 Å². The van der Waals surface area contributed by atoms with E-state index in [1.165, 1.54) is 4.90 Å². The zero-order chi connectivity index (χ0) is 15.1. The first-order chi connectivity index (χ1) is 10.0. The van der Waals surface area contributed by atoms with Crippen molar-refractivity contribution in [2.45, 2.75) is 38.8 Å². The number of carbonyl (C=O) groups is 2. The number of amides is 1. The summed E-state index contributed by atoms with van der Waals surface area (Å²) in [5, 5.41) is 10.6. The maximum atomic E-state index is 12.2. The van der Waals surface area contributed by atoms with Gasteiger partial charge in [0.2, 0.25) is 5.91 Å². The monoisotopic (exact) mass is 286 g/mol. The summed E-state index contributed by atoms with van der Waals surface area (Å²) in [5.74, 6) is -1.07. The lowest BCUT2D eigenvalue weighted by atomic mass is 9.92. The third kappa shape index (κ3) is 2.00. The number of para-hydroxylation sites is 1. The second-order valence-corrected chi connectivity index (χ2v) is 5.45. The first-order valence-corrected chi connectivity index (χ1v) is 7.18. The Labute approximate surface area is 122 Å². The molecule has 0 bridgehead atoms. The number of aromatic nitrogens is 1. The fourth-order valence-electron chi connectivity index (χ4n) is 3.28. The number of aromatic amines is 1. The molecule has 0 fully saturated rings. The molecule has 0 saturated heterocycles. The Balaban J connectivity index is 2.16. The molecule has 0 spiro atoms. The number of hydrogen-bond donors (Lipinski definition) is 2. The van der Waals surface area contributed by atoms with Crippen LogP contribution >= 0.6 is 0 Å². The zero-order valence-electron chi connectivity index (χ0n) is 12.1. The third-order valence-corrected chi connectivity index (χ3v) is 4.29. The molecule has 21 heavy (non-hydrogen) atoms. The fourth-order valence-corrected chi connectivity index (χ4v) is 3.28. The van der Waals surface area contributed by atoms with Crippen LogP contribution in [-0.4, -0.2) is 32.9 Å². The van der Waals surface area contributed by atoms with E-state index in [0.717, 1.165) is 22.2 Å². The Morgan fingerprint density at radius 1 is 1.38 bits per heavy atom. The molecule has 1 aliphatic heterocycles. The lowest BCUT2D eigenvalue weighted by molar-refractivity contribution is -0.153. The number of hydrogen-bond acceptors (Lipinski definition) is 2. The highest BCUT2D eigenvalue weighted by atomic mass is 16.4. The molecule has 2 aromatic rings. The SMILES string of the molecule is CCC(=O)N1[C@H](C(=O)O)Cc2c([nH]c3ccccc23)[C@@H]1C. The van der Waals surface area contributed by atoms with Gasteiger partial charge in [0.1, 0.15) is 6.04 Å². The van der Waals surface area contributed by atoms with Gasteiger partial charge in [-0.15, -0.1) is 0 Å². The van der Waals surface area contributed by atoms with Gasteiger partial charge in [-0.3, -0.25) is 4.79 Å². The van der Waals surface area contributed by atoms with E-state index in [1.54, 1.807) is 6.92 Å². The number of nitrogens with one attached hydrogen (secondary N) is 1. The van der Waals surface area contributed by atoms with E-state index < -0.39 is 12.0 Å². The minimum absolute atomic E-state index is 0.126. The van der Waals surface area contributed by atoms with Crippen LogP contribution in [0.5, 0.6) is 0 Å². The Morgan fingerprint density at radius 2 is 2.10 bits per heavy atom. The van der Waals surface area contributed by atoms with Crippen molar-refractivity contribution in [2.75, 3.05) is 0 Å². The van der Waals surface area contributed by atoms with Crippen molar-refractivity contribution in [1.29, 1.82) is 0 Å². The standard InChI is InChI=1S/C16H18N2O3/c1-3-14(19)18-9(2)15-11(8-13(18)16(20)21)10-6-4-5-7-12(10)17-15/h4-7,9,13,17H,3,8H2,1-2H3,(H,20,21)/t9-,13-/m0/s1. The zero-order valence-corrected chi connectivity index (χ0v) is 12.1. The molecule has 5 nitrogen and oxygen atoms in total. The average molecular weight is 286 g/mol. The first-order valence-electron chi connectivity index (χ1n) is 7.18. The summed E-state index contributed by atoms with van der Waals surface area (Å²) in [4.78, 5) is 28.6. The molecule has 0 unspecified atom stereocenters. The lowest BCUT2D eigenvalue weighted by Crippen LogP contribution is -2.50.